The molecule has 1 rings (SSSR count). The molecule has 1 aromatic carbocycles. The second-order valence-electron chi connectivity index (χ2n) is 4.84. The maximum atomic E-state index is 12.3. The summed E-state index contributed by atoms with van der Waals surface area (Å²) in [4.78, 5) is 0. The van der Waals surface area contributed by atoms with Crippen molar-refractivity contribution in [1.29, 1.82) is 0 Å². The van der Waals surface area contributed by atoms with E-state index >= 15 is 0 Å². The highest BCUT2D eigenvalue weighted by atomic mass is 35.5. The lowest BCUT2D eigenvalue weighted by Crippen LogP contribution is -2.37. The Bertz CT molecular complexity index is 480. The van der Waals surface area contributed by atoms with Crippen LogP contribution in [-0.2, 0) is 21.3 Å². The highest BCUT2D eigenvalue weighted by molar-refractivity contribution is 7.89. The van der Waals surface area contributed by atoms with Gasteiger partial charge in [0.25, 0.3) is 0 Å². The lowest BCUT2D eigenvalue weighted by atomic mass is 10.2. The maximum Gasteiger partial charge on any atom is 0.216 e. The quantitative estimate of drug-likeness (QED) is 0.743. The van der Waals surface area contributed by atoms with Gasteiger partial charge in [0.15, 0.2) is 0 Å². The fraction of sp³-hybridized carbons (Fsp3) is 0.571. The van der Waals surface area contributed by atoms with Crippen LogP contribution in [0.25, 0.3) is 0 Å². The van der Waals surface area contributed by atoms with E-state index in [0.717, 1.165) is 5.56 Å². The fourth-order valence-electron chi connectivity index (χ4n) is 1.77. The second-order valence-corrected chi connectivity index (χ2v) is 6.93. The molecule has 0 unspecified atom stereocenters. The largest absolute Gasteiger partial charge is 0.378 e. The molecule has 0 aliphatic carbocycles. The third-order valence-corrected chi connectivity index (χ3v) is 4.55. The summed E-state index contributed by atoms with van der Waals surface area (Å²) in [6, 6.07) is 9.50. The number of ether oxygens (including phenoxy) is 1. The lowest BCUT2D eigenvalue weighted by molar-refractivity contribution is 0.0906. The SMILES string of the molecule is CC(C)OCCS(=O)(=O)N(CCN)Cc1ccccc1.Cl. The fourth-order valence-corrected chi connectivity index (χ4v) is 3.06. The van der Waals surface area contributed by atoms with Crippen LogP contribution >= 0.6 is 12.4 Å². The van der Waals surface area contributed by atoms with Crippen molar-refractivity contribution in [2.45, 2.75) is 26.5 Å². The Balaban J connectivity index is 0.00000400. The van der Waals surface area contributed by atoms with E-state index in [9.17, 15) is 8.42 Å². The van der Waals surface area contributed by atoms with Crippen molar-refractivity contribution in [2.75, 3.05) is 25.4 Å². The molecule has 0 saturated heterocycles. The van der Waals surface area contributed by atoms with Crippen LogP contribution in [0.5, 0.6) is 0 Å². The number of halogens is 1. The van der Waals surface area contributed by atoms with Gasteiger partial charge in [0, 0.05) is 19.6 Å². The number of nitrogens with zero attached hydrogens (tertiary/aromatic N) is 1. The molecule has 0 atom stereocenters. The predicted octanol–water partition coefficient (Wildman–Crippen LogP) is 1.62. The van der Waals surface area contributed by atoms with E-state index in [4.69, 9.17) is 10.5 Å². The smallest absolute Gasteiger partial charge is 0.216 e. The molecule has 0 fully saturated rings. The van der Waals surface area contributed by atoms with E-state index < -0.39 is 10.0 Å². The number of rotatable bonds is 9. The first-order valence-corrected chi connectivity index (χ1v) is 8.40. The molecule has 0 bridgehead atoms. The van der Waals surface area contributed by atoms with Gasteiger partial charge in [-0.3, -0.25) is 0 Å². The number of sulfonamides is 1. The van der Waals surface area contributed by atoms with E-state index in [-0.39, 0.29) is 30.9 Å². The maximum absolute atomic E-state index is 12.3. The van der Waals surface area contributed by atoms with Gasteiger partial charge in [-0.15, -0.1) is 12.4 Å². The summed E-state index contributed by atoms with van der Waals surface area (Å²) in [5.74, 6) is -0.0159. The van der Waals surface area contributed by atoms with Gasteiger partial charge in [-0.05, 0) is 19.4 Å². The van der Waals surface area contributed by atoms with Crippen molar-refractivity contribution in [3.05, 3.63) is 35.9 Å². The van der Waals surface area contributed by atoms with Crippen molar-refractivity contribution in [1.82, 2.24) is 4.31 Å². The molecule has 1 aromatic rings. The minimum absolute atomic E-state index is 0. The van der Waals surface area contributed by atoms with Crippen LogP contribution < -0.4 is 5.73 Å². The molecule has 0 amide bonds. The third-order valence-electron chi connectivity index (χ3n) is 2.77. The third kappa shape index (κ3) is 7.78. The Hall–Kier alpha value is -0.660. The number of hydrogen-bond acceptors (Lipinski definition) is 4. The zero-order valence-corrected chi connectivity index (χ0v) is 14.2. The summed E-state index contributed by atoms with van der Waals surface area (Å²) in [5, 5.41) is 0. The predicted molar refractivity (Wildman–Crippen MR) is 88.0 cm³/mol. The Kier molecular flexibility index (Phi) is 9.81. The highest BCUT2D eigenvalue weighted by Crippen LogP contribution is 2.09. The zero-order valence-electron chi connectivity index (χ0n) is 12.6. The van der Waals surface area contributed by atoms with E-state index in [1.807, 2.05) is 44.2 Å². The van der Waals surface area contributed by atoms with E-state index in [1.165, 1.54) is 4.31 Å². The van der Waals surface area contributed by atoms with Gasteiger partial charge in [0.2, 0.25) is 10.0 Å². The summed E-state index contributed by atoms with van der Waals surface area (Å²) in [6.45, 7) is 4.94. The van der Waals surface area contributed by atoms with Gasteiger partial charge in [0.1, 0.15) is 0 Å². The monoisotopic (exact) mass is 336 g/mol. The second kappa shape index (κ2) is 10.1. The Labute approximate surface area is 133 Å². The standard InChI is InChI=1S/C14H24N2O3S.ClH/c1-13(2)19-10-11-20(17,18)16(9-8-15)12-14-6-4-3-5-7-14;/h3-7,13H,8-12,15H2,1-2H3;1H. The summed E-state index contributed by atoms with van der Waals surface area (Å²) in [7, 11) is -3.35. The van der Waals surface area contributed by atoms with Crippen molar-refractivity contribution in [3.63, 3.8) is 0 Å². The molecular formula is C14H25ClN2O3S. The van der Waals surface area contributed by atoms with Gasteiger partial charge < -0.3 is 10.5 Å². The van der Waals surface area contributed by atoms with E-state index in [2.05, 4.69) is 0 Å². The molecule has 7 heteroatoms. The number of hydrogen-bond donors (Lipinski definition) is 1. The van der Waals surface area contributed by atoms with Gasteiger partial charge in [0.05, 0.1) is 18.5 Å². The van der Waals surface area contributed by atoms with Gasteiger partial charge >= 0.3 is 0 Å². The van der Waals surface area contributed by atoms with E-state index in [1.54, 1.807) is 0 Å². The van der Waals surface area contributed by atoms with Crippen molar-refractivity contribution in [2.24, 2.45) is 5.73 Å². The van der Waals surface area contributed by atoms with Crippen molar-refractivity contribution >= 4 is 22.4 Å². The van der Waals surface area contributed by atoms with Crippen LogP contribution in [0.3, 0.4) is 0 Å². The van der Waals surface area contributed by atoms with Crippen LogP contribution in [0.4, 0.5) is 0 Å². The summed E-state index contributed by atoms with van der Waals surface area (Å²) in [6.07, 6.45) is 0.0299. The molecule has 0 spiro atoms. The van der Waals surface area contributed by atoms with Crippen molar-refractivity contribution in [3.8, 4) is 0 Å². The first-order chi connectivity index (χ1) is 9.45. The average molecular weight is 337 g/mol. The molecule has 0 radical (unpaired) electrons. The molecule has 0 aliphatic rings. The average Bonchev–Trinajstić information content (AvgIpc) is 2.38. The minimum Gasteiger partial charge on any atom is -0.378 e. The van der Waals surface area contributed by atoms with Crippen LogP contribution in [-0.4, -0.2) is 44.3 Å². The first kappa shape index (κ1) is 20.3. The highest BCUT2D eigenvalue weighted by Gasteiger charge is 2.21. The molecule has 21 heavy (non-hydrogen) atoms. The Morgan fingerprint density at radius 2 is 1.86 bits per heavy atom. The molecule has 0 aromatic heterocycles. The molecule has 5 nitrogen and oxygen atoms in total. The topological polar surface area (TPSA) is 72.6 Å². The molecule has 2 N–H and O–H groups in total. The van der Waals surface area contributed by atoms with Gasteiger partial charge in [-0.2, -0.15) is 4.31 Å². The molecular weight excluding hydrogens is 312 g/mol. The van der Waals surface area contributed by atoms with Crippen LogP contribution in [0, 0.1) is 0 Å². The summed E-state index contributed by atoms with van der Waals surface area (Å²) in [5.41, 5.74) is 6.47. The number of nitrogens with two attached hydrogens (primary N) is 1. The molecule has 0 saturated carbocycles. The molecule has 122 valence electrons. The Morgan fingerprint density at radius 3 is 2.38 bits per heavy atom. The van der Waals surface area contributed by atoms with Crippen LogP contribution in [0.15, 0.2) is 30.3 Å². The van der Waals surface area contributed by atoms with Crippen LogP contribution in [0.1, 0.15) is 19.4 Å². The minimum atomic E-state index is -3.35. The molecule has 0 heterocycles. The summed E-state index contributed by atoms with van der Waals surface area (Å²) >= 11 is 0. The number of benzene rings is 1. The van der Waals surface area contributed by atoms with Crippen LogP contribution in [0.2, 0.25) is 0 Å². The van der Waals surface area contributed by atoms with E-state index in [0.29, 0.717) is 19.6 Å². The first-order valence-electron chi connectivity index (χ1n) is 6.79. The normalized spacial score (nSPS) is 11.7. The lowest BCUT2D eigenvalue weighted by Gasteiger charge is -2.22. The van der Waals surface area contributed by atoms with Gasteiger partial charge in [-0.25, -0.2) is 8.42 Å². The van der Waals surface area contributed by atoms with Crippen molar-refractivity contribution < 1.29 is 13.2 Å². The molecule has 0 aliphatic heterocycles. The zero-order chi connectivity index (χ0) is 15.0. The summed E-state index contributed by atoms with van der Waals surface area (Å²) < 4.78 is 31.3. The van der Waals surface area contributed by atoms with Gasteiger partial charge in [-0.1, -0.05) is 30.3 Å². The Morgan fingerprint density at radius 1 is 1.24 bits per heavy atom.